The van der Waals surface area contributed by atoms with Gasteiger partial charge in [0.1, 0.15) is 17.2 Å². The first-order chi connectivity index (χ1) is 11.6. The Kier molecular flexibility index (Phi) is 5.04. The lowest BCUT2D eigenvalue weighted by atomic mass is 9.94. The lowest BCUT2D eigenvalue weighted by molar-refractivity contribution is 0.165. The third-order valence-electron chi connectivity index (χ3n) is 4.74. The van der Waals surface area contributed by atoms with E-state index in [1.54, 1.807) is 12.1 Å². The summed E-state index contributed by atoms with van der Waals surface area (Å²) >= 11 is 0. The molecule has 1 saturated heterocycles. The molecule has 0 aliphatic carbocycles. The lowest BCUT2D eigenvalue weighted by Crippen LogP contribution is -2.45. The molecule has 2 heterocycles. The van der Waals surface area contributed by atoms with Crippen LogP contribution >= 0.6 is 0 Å². The van der Waals surface area contributed by atoms with Crippen molar-refractivity contribution in [1.29, 1.82) is 0 Å². The van der Waals surface area contributed by atoms with Crippen LogP contribution in [0.15, 0.2) is 28.7 Å². The van der Waals surface area contributed by atoms with Crippen LogP contribution in [0, 0.1) is 11.7 Å². The van der Waals surface area contributed by atoms with Gasteiger partial charge in [0, 0.05) is 18.5 Å². The van der Waals surface area contributed by atoms with E-state index in [2.05, 4.69) is 5.32 Å². The van der Waals surface area contributed by atoms with Crippen LogP contribution in [0.3, 0.4) is 0 Å². The maximum absolute atomic E-state index is 13.3. The number of rotatable bonds is 4. The molecule has 2 amide bonds. The molecular weight excluding hydrogens is 309 g/mol. The molecule has 5 nitrogen and oxygen atoms in total. The van der Waals surface area contributed by atoms with E-state index in [4.69, 9.17) is 10.2 Å². The molecule has 1 aromatic heterocycles. The van der Waals surface area contributed by atoms with Crippen LogP contribution in [-0.4, -0.2) is 30.6 Å². The van der Waals surface area contributed by atoms with E-state index in [0.717, 1.165) is 32.4 Å². The van der Waals surface area contributed by atoms with Gasteiger partial charge >= 0.3 is 6.03 Å². The number of nitrogens with one attached hydrogen (secondary N) is 1. The molecule has 0 spiro atoms. The SMILES string of the molecule is CC(NC(=O)N1CCC(CCN)CC1)c1cc2cc(F)ccc2o1. The number of nitrogens with two attached hydrogens (primary N) is 1. The van der Waals surface area contributed by atoms with Crippen molar-refractivity contribution in [2.75, 3.05) is 19.6 Å². The standard InChI is InChI=1S/C18H24FN3O2/c1-12(17-11-14-10-15(19)2-3-16(14)24-17)21-18(23)22-8-5-13(4-7-20)6-9-22/h2-3,10-13H,4-9,20H2,1H3,(H,21,23). The van der Waals surface area contributed by atoms with Crippen molar-refractivity contribution in [2.45, 2.75) is 32.2 Å². The Bertz CT molecular complexity index is 707. The second-order valence-corrected chi connectivity index (χ2v) is 6.51. The van der Waals surface area contributed by atoms with Crippen molar-refractivity contribution in [3.8, 4) is 0 Å². The number of hydrogen-bond donors (Lipinski definition) is 2. The maximum atomic E-state index is 13.3. The summed E-state index contributed by atoms with van der Waals surface area (Å²) in [7, 11) is 0. The van der Waals surface area contributed by atoms with Crippen molar-refractivity contribution in [3.05, 3.63) is 35.8 Å². The van der Waals surface area contributed by atoms with Crippen molar-refractivity contribution in [3.63, 3.8) is 0 Å². The van der Waals surface area contributed by atoms with E-state index in [1.807, 2.05) is 11.8 Å². The summed E-state index contributed by atoms with van der Waals surface area (Å²) in [4.78, 5) is 14.2. The molecule has 1 fully saturated rings. The third kappa shape index (κ3) is 3.70. The molecule has 1 unspecified atom stereocenters. The minimum absolute atomic E-state index is 0.0830. The topological polar surface area (TPSA) is 71.5 Å². The Morgan fingerprint density at radius 1 is 1.42 bits per heavy atom. The van der Waals surface area contributed by atoms with E-state index >= 15 is 0 Å². The summed E-state index contributed by atoms with van der Waals surface area (Å²) in [5.74, 6) is 0.954. The number of piperidine rings is 1. The molecule has 1 aromatic carbocycles. The van der Waals surface area contributed by atoms with Gasteiger partial charge in [-0.2, -0.15) is 0 Å². The molecule has 6 heteroatoms. The highest BCUT2D eigenvalue weighted by Crippen LogP contribution is 2.25. The second-order valence-electron chi connectivity index (χ2n) is 6.51. The second kappa shape index (κ2) is 7.21. The molecule has 24 heavy (non-hydrogen) atoms. The average molecular weight is 333 g/mol. The molecule has 2 aromatic rings. The quantitative estimate of drug-likeness (QED) is 0.901. The molecule has 3 rings (SSSR count). The zero-order valence-electron chi connectivity index (χ0n) is 13.9. The van der Waals surface area contributed by atoms with E-state index < -0.39 is 0 Å². The summed E-state index contributed by atoms with van der Waals surface area (Å²) in [6, 6.07) is 5.82. The van der Waals surface area contributed by atoms with Gasteiger partial charge in [0.05, 0.1) is 6.04 Å². The number of carbonyl (C=O) groups is 1. The number of furan rings is 1. The molecular formula is C18H24FN3O2. The van der Waals surface area contributed by atoms with Gasteiger partial charge < -0.3 is 20.4 Å². The molecule has 130 valence electrons. The molecule has 0 bridgehead atoms. The number of nitrogens with zero attached hydrogens (tertiary/aromatic N) is 1. The van der Waals surface area contributed by atoms with Gasteiger partial charge in [-0.1, -0.05) is 0 Å². The predicted octanol–water partition coefficient (Wildman–Crippen LogP) is 3.40. The molecule has 0 radical (unpaired) electrons. The highest BCUT2D eigenvalue weighted by atomic mass is 19.1. The Morgan fingerprint density at radius 2 is 2.17 bits per heavy atom. The zero-order valence-corrected chi connectivity index (χ0v) is 13.9. The first kappa shape index (κ1) is 16.8. The first-order valence-electron chi connectivity index (χ1n) is 8.51. The molecule has 0 saturated carbocycles. The Hall–Kier alpha value is -2.08. The fourth-order valence-corrected chi connectivity index (χ4v) is 3.26. The fraction of sp³-hybridized carbons (Fsp3) is 0.500. The van der Waals surface area contributed by atoms with Crippen molar-refractivity contribution in [2.24, 2.45) is 11.7 Å². The van der Waals surface area contributed by atoms with Crippen LogP contribution in [0.2, 0.25) is 0 Å². The Balaban J connectivity index is 1.59. The van der Waals surface area contributed by atoms with Gasteiger partial charge in [-0.25, -0.2) is 9.18 Å². The van der Waals surface area contributed by atoms with Crippen LogP contribution < -0.4 is 11.1 Å². The van der Waals surface area contributed by atoms with Gasteiger partial charge in [0.2, 0.25) is 0 Å². The highest BCUT2D eigenvalue weighted by molar-refractivity contribution is 5.79. The summed E-state index contributed by atoms with van der Waals surface area (Å²) in [6.07, 6.45) is 3.03. The minimum atomic E-state index is -0.299. The number of amides is 2. The number of benzene rings is 1. The van der Waals surface area contributed by atoms with Crippen molar-refractivity contribution < 1.29 is 13.6 Å². The first-order valence-corrected chi connectivity index (χ1v) is 8.51. The van der Waals surface area contributed by atoms with Crippen molar-refractivity contribution in [1.82, 2.24) is 10.2 Å². The third-order valence-corrected chi connectivity index (χ3v) is 4.74. The monoisotopic (exact) mass is 333 g/mol. The van der Waals surface area contributed by atoms with E-state index in [0.29, 0.717) is 29.2 Å². The van der Waals surface area contributed by atoms with Gasteiger partial charge in [-0.15, -0.1) is 0 Å². The summed E-state index contributed by atoms with van der Waals surface area (Å²) in [5, 5.41) is 3.67. The number of carbonyl (C=O) groups excluding carboxylic acids is 1. The number of halogens is 1. The highest BCUT2D eigenvalue weighted by Gasteiger charge is 2.24. The normalized spacial score (nSPS) is 17.2. The maximum Gasteiger partial charge on any atom is 0.317 e. The zero-order chi connectivity index (χ0) is 17.1. The molecule has 1 atom stereocenters. The molecule has 3 N–H and O–H groups in total. The minimum Gasteiger partial charge on any atom is -0.459 e. The number of fused-ring (bicyclic) bond motifs is 1. The van der Waals surface area contributed by atoms with Crippen LogP contribution in [-0.2, 0) is 0 Å². The largest absolute Gasteiger partial charge is 0.459 e. The Morgan fingerprint density at radius 3 is 2.88 bits per heavy atom. The Labute approximate surface area is 141 Å². The average Bonchev–Trinajstić information content (AvgIpc) is 2.99. The summed E-state index contributed by atoms with van der Waals surface area (Å²) in [6.45, 7) is 4.09. The van der Waals surface area contributed by atoms with Gasteiger partial charge in [0.25, 0.3) is 0 Å². The smallest absolute Gasteiger partial charge is 0.317 e. The van der Waals surface area contributed by atoms with Gasteiger partial charge in [-0.05, 0) is 62.9 Å². The van der Waals surface area contributed by atoms with Gasteiger partial charge in [0.15, 0.2) is 0 Å². The number of hydrogen-bond acceptors (Lipinski definition) is 3. The summed E-state index contributed by atoms with van der Waals surface area (Å²) < 4.78 is 19.0. The van der Waals surface area contributed by atoms with Crippen LogP contribution in [0.1, 0.15) is 38.0 Å². The fourth-order valence-electron chi connectivity index (χ4n) is 3.26. The van der Waals surface area contributed by atoms with E-state index in [9.17, 15) is 9.18 Å². The number of likely N-dealkylation sites (tertiary alicyclic amines) is 1. The predicted molar refractivity (Wildman–Crippen MR) is 91.1 cm³/mol. The van der Waals surface area contributed by atoms with Crippen LogP contribution in [0.25, 0.3) is 11.0 Å². The molecule has 1 aliphatic heterocycles. The van der Waals surface area contributed by atoms with E-state index in [1.165, 1.54) is 12.1 Å². The summed E-state index contributed by atoms with van der Waals surface area (Å²) in [5.41, 5.74) is 6.22. The van der Waals surface area contributed by atoms with Crippen molar-refractivity contribution >= 4 is 17.0 Å². The molecule has 1 aliphatic rings. The van der Waals surface area contributed by atoms with E-state index in [-0.39, 0.29) is 17.9 Å². The lowest BCUT2D eigenvalue weighted by Gasteiger charge is -2.32. The van der Waals surface area contributed by atoms with Crippen LogP contribution in [0.4, 0.5) is 9.18 Å². The number of urea groups is 1. The van der Waals surface area contributed by atoms with Crippen LogP contribution in [0.5, 0.6) is 0 Å². The van der Waals surface area contributed by atoms with Gasteiger partial charge in [-0.3, -0.25) is 0 Å².